The smallest absolute Gasteiger partial charge is 0.0543 e. The molecule has 0 aliphatic heterocycles. The molecule has 1 aliphatic rings. The van der Waals surface area contributed by atoms with Gasteiger partial charge in [-0.2, -0.15) is 0 Å². The monoisotopic (exact) mass is 219 g/mol. The third kappa shape index (κ3) is 3.06. The second-order valence-corrected chi connectivity index (χ2v) is 4.69. The highest BCUT2D eigenvalue weighted by atomic mass is 16.5. The van der Waals surface area contributed by atoms with E-state index in [4.69, 9.17) is 4.74 Å². The van der Waals surface area contributed by atoms with Crippen LogP contribution in [0.3, 0.4) is 0 Å². The van der Waals surface area contributed by atoms with Crippen LogP contribution in [-0.2, 0) is 4.74 Å². The molecular formula is C14H21NO. The van der Waals surface area contributed by atoms with Gasteiger partial charge in [-0.3, -0.25) is 0 Å². The zero-order valence-electron chi connectivity index (χ0n) is 10.2. The minimum absolute atomic E-state index is 0.479. The van der Waals surface area contributed by atoms with Crippen LogP contribution in [0, 0.1) is 6.92 Å². The van der Waals surface area contributed by atoms with Crippen LogP contribution >= 0.6 is 0 Å². The quantitative estimate of drug-likeness (QED) is 0.793. The number of rotatable bonds is 6. The third-order valence-electron chi connectivity index (χ3n) is 3.23. The zero-order valence-corrected chi connectivity index (χ0v) is 10.2. The average Bonchev–Trinajstić information content (AvgIpc) is 3.09. The van der Waals surface area contributed by atoms with Crippen LogP contribution in [0.5, 0.6) is 0 Å². The molecular weight excluding hydrogens is 198 g/mol. The summed E-state index contributed by atoms with van der Waals surface area (Å²) in [6, 6.07) is 9.37. The minimum Gasteiger partial charge on any atom is -0.384 e. The molecule has 1 aliphatic carbocycles. The maximum atomic E-state index is 5.33. The summed E-state index contributed by atoms with van der Waals surface area (Å²) < 4.78 is 5.33. The Morgan fingerprint density at radius 2 is 2.12 bits per heavy atom. The van der Waals surface area contributed by atoms with Gasteiger partial charge in [0.15, 0.2) is 0 Å². The lowest BCUT2D eigenvalue weighted by atomic mass is 9.95. The van der Waals surface area contributed by atoms with E-state index in [9.17, 15) is 0 Å². The van der Waals surface area contributed by atoms with Crippen LogP contribution in [0.4, 0.5) is 0 Å². The molecule has 16 heavy (non-hydrogen) atoms. The van der Waals surface area contributed by atoms with E-state index in [-0.39, 0.29) is 0 Å². The van der Waals surface area contributed by atoms with E-state index in [1.807, 2.05) is 0 Å². The van der Waals surface area contributed by atoms with E-state index in [0.717, 1.165) is 19.2 Å². The summed E-state index contributed by atoms with van der Waals surface area (Å²) in [6.07, 6.45) is 2.68. The van der Waals surface area contributed by atoms with E-state index in [2.05, 4.69) is 36.5 Å². The molecule has 2 heteroatoms. The van der Waals surface area contributed by atoms with Gasteiger partial charge in [-0.1, -0.05) is 24.3 Å². The first-order chi connectivity index (χ1) is 7.81. The summed E-state index contributed by atoms with van der Waals surface area (Å²) in [6.45, 7) is 4.00. The van der Waals surface area contributed by atoms with E-state index in [0.29, 0.717) is 5.92 Å². The van der Waals surface area contributed by atoms with Crippen molar-refractivity contribution in [3.05, 3.63) is 35.4 Å². The van der Waals surface area contributed by atoms with Crippen molar-refractivity contribution in [3.63, 3.8) is 0 Å². The summed E-state index contributed by atoms with van der Waals surface area (Å²) in [5.41, 5.74) is 2.78. The van der Waals surface area contributed by atoms with E-state index in [1.165, 1.54) is 24.0 Å². The van der Waals surface area contributed by atoms with Crippen molar-refractivity contribution in [2.24, 2.45) is 0 Å². The van der Waals surface area contributed by atoms with E-state index < -0.39 is 0 Å². The van der Waals surface area contributed by atoms with Crippen LogP contribution in [0.25, 0.3) is 0 Å². The Bertz CT molecular complexity index is 333. The second-order valence-electron chi connectivity index (χ2n) is 4.69. The van der Waals surface area contributed by atoms with Crippen LogP contribution < -0.4 is 5.32 Å². The Morgan fingerprint density at radius 3 is 2.75 bits per heavy atom. The van der Waals surface area contributed by atoms with Crippen LogP contribution in [0.15, 0.2) is 24.3 Å². The number of hydrogen-bond acceptors (Lipinski definition) is 2. The van der Waals surface area contributed by atoms with Gasteiger partial charge >= 0.3 is 0 Å². The van der Waals surface area contributed by atoms with Crippen LogP contribution in [0.1, 0.15) is 29.9 Å². The fourth-order valence-electron chi connectivity index (χ4n) is 2.10. The summed E-state index contributed by atoms with van der Waals surface area (Å²) >= 11 is 0. The molecule has 1 aromatic carbocycles. The number of nitrogens with one attached hydrogen (secondary N) is 1. The van der Waals surface area contributed by atoms with Crippen LogP contribution in [0.2, 0.25) is 0 Å². The average molecular weight is 219 g/mol. The van der Waals surface area contributed by atoms with Gasteiger partial charge in [0.05, 0.1) is 6.61 Å². The predicted molar refractivity (Wildman–Crippen MR) is 66.8 cm³/mol. The van der Waals surface area contributed by atoms with Gasteiger partial charge < -0.3 is 10.1 Å². The maximum Gasteiger partial charge on any atom is 0.0543 e. The SMILES string of the molecule is COCC(CNC1CC1)c1ccccc1C. The maximum absolute atomic E-state index is 5.33. The van der Waals surface area contributed by atoms with Gasteiger partial charge in [0.2, 0.25) is 0 Å². The molecule has 1 atom stereocenters. The molecule has 1 unspecified atom stereocenters. The first-order valence-corrected chi connectivity index (χ1v) is 6.09. The number of aryl methyl sites for hydroxylation is 1. The topological polar surface area (TPSA) is 21.3 Å². The van der Waals surface area contributed by atoms with Crippen molar-refractivity contribution in [3.8, 4) is 0 Å². The first-order valence-electron chi connectivity index (χ1n) is 6.09. The number of ether oxygens (including phenoxy) is 1. The summed E-state index contributed by atoms with van der Waals surface area (Å²) in [5.74, 6) is 0.479. The molecule has 88 valence electrons. The molecule has 0 radical (unpaired) electrons. The Morgan fingerprint density at radius 1 is 1.38 bits per heavy atom. The molecule has 0 saturated heterocycles. The van der Waals surface area contributed by atoms with E-state index in [1.54, 1.807) is 7.11 Å². The van der Waals surface area contributed by atoms with Gasteiger partial charge in [-0.25, -0.2) is 0 Å². The van der Waals surface area contributed by atoms with Crippen molar-refractivity contribution in [2.45, 2.75) is 31.7 Å². The van der Waals surface area contributed by atoms with Gasteiger partial charge in [0.1, 0.15) is 0 Å². The fourth-order valence-corrected chi connectivity index (χ4v) is 2.10. The molecule has 0 bridgehead atoms. The number of methoxy groups -OCH3 is 1. The normalized spacial score (nSPS) is 17.4. The van der Waals surface area contributed by atoms with Crippen molar-refractivity contribution in [2.75, 3.05) is 20.3 Å². The molecule has 2 rings (SSSR count). The molecule has 1 N–H and O–H groups in total. The highest BCUT2D eigenvalue weighted by Crippen LogP contribution is 2.23. The lowest BCUT2D eigenvalue weighted by Crippen LogP contribution is -2.26. The lowest BCUT2D eigenvalue weighted by Gasteiger charge is -2.19. The fraction of sp³-hybridized carbons (Fsp3) is 0.571. The second kappa shape index (κ2) is 5.46. The third-order valence-corrected chi connectivity index (χ3v) is 3.23. The lowest BCUT2D eigenvalue weighted by molar-refractivity contribution is 0.177. The predicted octanol–water partition coefficient (Wildman–Crippen LogP) is 2.48. The molecule has 0 amide bonds. The van der Waals surface area contributed by atoms with Crippen LogP contribution in [-0.4, -0.2) is 26.3 Å². The Hall–Kier alpha value is -0.860. The standard InChI is InChI=1S/C14H21NO/c1-11-5-3-4-6-14(11)12(10-16-2)9-15-13-7-8-13/h3-6,12-13,15H,7-10H2,1-2H3. The van der Waals surface area contributed by atoms with Gasteiger partial charge in [0, 0.05) is 25.6 Å². The first kappa shape index (κ1) is 11.6. The van der Waals surface area contributed by atoms with E-state index >= 15 is 0 Å². The minimum atomic E-state index is 0.479. The molecule has 0 aromatic heterocycles. The van der Waals surface area contributed by atoms with Crippen molar-refractivity contribution in [1.82, 2.24) is 5.32 Å². The van der Waals surface area contributed by atoms with Gasteiger partial charge in [0.25, 0.3) is 0 Å². The highest BCUT2D eigenvalue weighted by Gasteiger charge is 2.22. The molecule has 1 fully saturated rings. The van der Waals surface area contributed by atoms with Gasteiger partial charge in [-0.05, 0) is 30.9 Å². The molecule has 0 spiro atoms. The molecule has 1 saturated carbocycles. The molecule has 1 aromatic rings. The van der Waals surface area contributed by atoms with Crippen molar-refractivity contribution in [1.29, 1.82) is 0 Å². The Labute approximate surface area is 98.0 Å². The number of hydrogen-bond donors (Lipinski definition) is 1. The Kier molecular flexibility index (Phi) is 3.97. The van der Waals surface area contributed by atoms with Crippen molar-refractivity contribution < 1.29 is 4.74 Å². The van der Waals surface area contributed by atoms with Crippen molar-refractivity contribution >= 4 is 0 Å². The highest BCUT2D eigenvalue weighted by molar-refractivity contribution is 5.29. The largest absolute Gasteiger partial charge is 0.384 e. The number of benzene rings is 1. The molecule has 0 heterocycles. The summed E-state index contributed by atoms with van der Waals surface area (Å²) in [7, 11) is 1.78. The summed E-state index contributed by atoms with van der Waals surface area (Å²) in [4.78, 5) is 0. The zero-order chi connectivity index (χ0) is 11.4. The molecule has 2 nitrogen and oxygen atoms in total. The Balaban J connectivity index is 2.01. The van der Waals surface area contributed by atoms with Gasteiger partial charge in [-0.15, -0.1) is 0 Å². The summed E-state index contributed by atoms with van der Waals surface area (Å²) in [5, 5.41) is 3.59.